The molecule has 0 spiro atoms. The van der Waals surface area contributed by atoms with E-state index in [9.17, 15) is 0 Å². The summed E-state index contributed by atoms with van der Waals surface area (Å²) < 4.78 is 0. The monoisotopic (exact) mass is 243 g/mol. The van der Waals surface area contributed by atoms with Crippen molar-refractivity contribution in [3.63, 3.8) is 0 Å². The maximum atomic E-state index is 5.75. The maximum Gasteiger partial charge on any atom is 0.126 e. The summed E-state index contributed by atoms with van der Waals surface area (Å²) in [6.07, 6.45) is 2.40. The van der Waals surface area contributed by atoms with Crippen LogP contribution in [0.1, 0.15) is 26.7 Å². The summed E-state index contributed by atoms with van der Waals surface area (Å²) >= 11 is 0. The van der Waals surface area contributed by atoms with Gasteiger partial charge < -0.3 is 11.1 Å². The molecule has 96 valence electrons. The number of nitrogen functional groups attached to an aromatic ring is 1. The van der Waals surface area contributed by atoms with E-state index >= 15 is 0 Å². The summed E-state index contributed by atoms with van der Waals surface area (Å²) in [5, 5.41) is 4.50. The van der Waals surface area contributed by atoms with Gasteiger partial charge in [-0.15, -0.1) is 0 Å². The van der Waals surface area contributed by atoms with Gasteiger partial charge in [0.1, 0.15) is 5.82 Å². The number of fused-ring (bicyclic) bond motifs is 1. The van der Waals surface area contributed by atoms with Crippen molar-refractivity contribution in [3.8, 4) is 0 Å². The van der Waals surface area contributed by atoms with Crippen LogP contribution in [0.5, 0.6) is 0 Å². The van der Waals surface area contributed by atoms with E-state index in [2.05, 4.69) is 30.2 Å². The smallest absolute Gasteiger partial charge is 0.126 e. The number of pyridine rings is 1. The van der Waals surface area contributed by atoms with Crippen LogP contribution in [-0.4, -0.2) is 11.5 Å². The summed E-state index contributed by atoms with van der Waals surface area (Å²) in [6, 6.07) is 9.89. The van der Waals surface area contributed by atoms with E-state index in [1.165, 1.54) is 12.8 Å². The number of hydrogen-bond acceptors (Lipinski definition) is 3. The molecule has 3 N–H and O–H groups in total. The lowest BCUT2D eigenvalue weighted by Crippen LogP contribution is -2.13. The average molecular weight is 243 g/mol. The number of nitrogens with two attached hydrogens (primary N) is 1. The van der Waals surface area contributed by atoms with Gasteiger partial charge in [-0.25, -0.2) is 4.98 Å². The fraction of sp³-hybridized carbons (Fsp3) is 0.400. The molecule has 0 bridgehead atoms. The number of rotatable bonds is 5. The highest BCUT2D eigenvalue weighted by molar-refractivity contribution is 5.83. The van der Waals surface area contributed by atoms with Crippen molar-refractivity contribution in [2.75, 3.05) is 17.6 Å². The summed E-state index contributed by atoms with van der Waals surface area (Å²) in [5.41, 5.74) is 7.52. The van der Waals surface area contributed by atoms with E-state index in [4.69, 9.17) is 5.73 Å². The lowest BCUT2D eigenvalue weighted by atomic mass is 10.0. The molecule has 18 heavy (non-hydrogen) atoms. The van der Waals surface area contributed by atoms with Gasteiger partial charge in [0, 0.05) is 17.6 Å². The molecular weight excluding hydrogens is 222 g/mol. The topological polar surface area (TPSA) is 50.9 Å². The molecule has 3 nitrogen and oxygen atoms in total. The lowest BCUT2D eigenvalue weighted by Gasteiger charge is -2.14. The van der Waals surface area contributed by atoms with Gasteiger partial charge in [0.15, 0.2) is 0 Å². The van der Waals surface area contributed by atoms with Crippen molar-refractivity contribution in [1.29, 1.82) is 0 Å². The first kappa shape index (κ1) is 12.7. The first-order valence-electron chi connectivity index (χ1n) is 6.63. The largest absolute Gasteiger partial charge is 0.399 e. The fourth-order valence-electron chi connectivity index (χ4n) is 2.07. The zero-order valence-electron chi connectivity index (χ0n) is 11.1. The maximum absolute atomic E-state index is 5.75. The zero-order chi connectivity index (χ0) is 13.0. The summed E-state index contributed by atoms with van der Waals surface area (Å²) in [7, 11) is 0. The van der Waals surface area contributed by atoms with Crippen LogP contribution in [0, 0.1) is 5.92 Å². The molecule has 1 heterocycles. The molecule has 0 aliphatic rings. The lowest BCUT2D eigenvalue weighted by molar-refractivity contribution is 0.518. The molecule has 1 aromatic carbocycles. The second kappa shape index (κ2) is 5.71. The van der Waals surface area contributed by atoms with Crippen LogP contribution in [0.25, 0.3) is 10.9 Å². The molecule has 2 rings (SSSR count). The molecule has 3 heteroatoms. The Morgan fingerprint density at radius 1 is 1.17 bits per heavy atom. The summed E-state index contributed by atoms with van der Waals surface area (Å²) in [6.45, 7) is 5.44. The molecule has 0 amide bonds. The van der Waals surface area contributed by atoms with Gasteiger partial charge in [0.2, 0.25) is 0 Å². The number of benzene rings is 1. The van der Waals surface area contributed by atoms with Gasteiger partial charge in [-0.2, -0.15) is 0 Å². The number of nitrogens with zero attached hydrogens (tertiary/aromatic N) is 1. The van der Waals surface area contributed by atoms with E-state index in [1.54, 1.807) is 0 Å². The van der Waals surface area contributed by atoms with Crippen molar-refractivity contribution < 1.29 is 0 Å². The van der Waals surface area contributed by atoms with Crippen molar-refractivity contribution in [3.05, 3.63) is 30.3 Å². The third kappa shape index (κ3) is 2.92. The van der Waals surface area contributed by atoms with Crippen LogP contribution < -0.4 is 11.1 Å². The van der Waals surface area contributed by atoms with Gasteiger partial charge in [0.25, 0.3) is 0 Å². The standard InChI is InChI=1S/C15H21N3/c1-3-11(4-2)10-17-15-8-5-12-9-13(16)6-7-14(12)18-15/h5-9,11H,3-4,10,16H2,1-2H3,(H,17,18). The van der Waals surface area contributed by atoms with E-state index in [-0.39, 0.29) is 0 Å². The minimum absolute atomic E-state index is 0.717. The van der Waals surface area contributed by atoms with Gasteiger partial charge in [-0.3, -0.25) is 0 Å². The van der Waals surface area contributed by atoms with Gasteiger partial charge >= 0.3 is 0 Å². The van der Waals surface area contributed by atoms with Crippen molar-refractivity contribution >= 4 is 22.4 Å². The Labute approximate surface area is 108 Å². The molecule has 0 unspecified atom stereocenters. The number of nitrogens with one attached hydrogen (secondary N) is 1. The number of anilines is 2. The van der Waals surface area contributed by atoms with E-state index < -0.39 is 0 Å². The Hall–Kier alpha value is -1.77. The van der Waals surface area contributed by atoms with Crippen LogP contribution >= 0.6 is 0 Å². The van der Waals surface area contributed by atoms with Crippen molar-refractivity contribution in [2.45, 2.75) is 26.7 Å². The Kier molecular flexibility index (Phi) is 4.03. The number of aromatic nitrogens is 1. The predicted molar refractivity (Wildman–Crippen MR) is 78.7 cm³/mol. The van der Waals surface area contributed by atoms with Crippen LogP contribution in [0.3, 0.4) is 0 Å². The first-order chi connectivity index (χ1) is 8.72. The molecule has 1 aromatic heterocycles. The Morgan fingerprint density at radius 3 is 2.67 bits per heavy atom. The van der Waals surface area contributed by atoms with Crippen LogP contribution in [-0.2, 0) is 0 Å². The third-order valence-electron chi connectivity index (χ3n) is 3.44. The van der Waals surface area contributed by atoms with Crippen LogP contribution in [0.4, 0.5) is 11.5 Å². The normalized spacial score (nSPS) is 11.1. The number of hydrogen-bond donors (Lipinski definition) is 2. The van der Waals surface area contributed by atoms with Crippen LogP contribution in [0.15, 0.2) is 30.3 Å². The van der Waals surface area contributed by atoms with Gasteiger partial charge in [-0.05, 0) is 36.2 Å². The molecule has 2 aromatic rings. The highest BCUT2D eigenvalue weighted by Crippen LogP contribution is 2.18. The quantitative estimate of drug-likeness (QED) is 0.788. The van der Waals surface area contributed by atoms with E-state index in [1.807, 2.05) is 24.3 Å². The van der Waals surface area contributed by atoms with Crippen molar-refractivity contribution in [1.82, 2.24) is 4.98 Å². The highest BCUT2D eigenvalue weighted by Gasteiger charge is 2.04. The molecule has 0 radical (unpaired) electrons. The summed E-state index contributed by atoms with van der Waals surface area (Å²) in [5.74, 6) is 1.66. The third-order valence-corrected chi connectivity index (χ3v) is 3.44. The molecule has 0 atom stereocenters. The minimum atomic E-state index is 0.717. The molecule has 0 saturated heterocycles. The second-order valence-electron chi connectivity index (χ2n) is 4.71. The molecular formula is C15H21N3. The molecule has 0 fully saturated rings. The second-order valence-corrected chi connectivity index (χ2v) is 4.71. The SMILES string of the molecule is CCC(CC)CNc1ccc2cc(N)ccc2n1. The zero-order valence-corrected chi connectivity index (χ0v) is 11.1. The average Bonchev–Trinajstić information content (AvgIpc) is 2.40. The molecule has 0 aliphatic heterocycles. The fourth-order valence-corrected chi connectivity index (χ4v) is 2.07. The highest BCUT2D eigenvalue weighted by atomic mass is 15.0. The first-order valence-corrected chi connectivity index (χ1v) is 6.63. The van der Waals surface area contributed by atoms with E-state index in [0.29, 0.717) is 5.92 Å². The minimum Gasteiger partial charge on any atom is -0.399 e. The molecule has 0 saturated carbocycles. The predicted octanol–water partition coefficient (Wildman–Crippen LogP) is 3.67. The summed E-state index contributed by atoms with van der Waals surface area (Å²) in [4.78, 5) is 4.59. The van der Waals surface area contributed by atoms with Gasteiger partial charge in [-0.1, -0.05) is 26.7 Å². The van der Waals surface area contributed by atoms with Gasteiger partial charge in [0.05, 0.1) is 5.52 Å². The van der Waals surface area contributed by atoms with E-state index in [0.717, 1.165) is 29.0 Å². The molecule has 0 aliphatic carbocycles. The van der Waals surface area contributed by atoms with Crippen molar-refractivity contribution in [2.24, 2.45) is 5.92 Å². The Morgan fingerprint density at radius 2 is 1.94 bits per heavy atom. The Bertz CT molecular complexity index is 518. The Balaban J connectivity index is 2.12. The van der Waals surface area contributed by atoms with Crippen LogP contribution in [0.2, 0.25) is 0 Å².